The smallest absolute Gasteiger partial charge is 0.0587 e. The Morgan fingerprint density at radius 2 is 1.32 bits per heavy atom. The van der Waals surface area contributed by atoms with Gasteiger partial charge in [0.25, 0.3) is 0 Å². The first kappa shape index (κ1) is 16.0. The molecule has 0 bridgehead atoms. The van der Waals surface area contributed by atoms with Gasteiger partial charge in [-0.3, -0.25) is 0 Å². The zero-order valence-electron chi connectivity index (χ0n) is 13.7. The van der Waals surface area contributed by atoms with E-state index in [0.29, 0.717) is 5.92 Å². The van der Waals surface area contributed by atoms with Crippen LogP contribution in [0.4, 0.5) is 0 Å². The van der Waals surface area contributed by atoms with E-state index in [-0.39, 0.29) is 21.2 Å². The molecule has 0 spiro atoms. The summed E-state index contributed by atoms with van der Waals surface area (Å²) in [6, 6.07) is 18.8. The maximum Gasteiger partial charge on any atom is 0.357 e. The molecule has 3 rings (SSSR count). The van der Waals surface area contributed by atoms with Crippen molar-refractivity contribution >= 4 is 0 Å². The van der Waals surface area contributed by atoms with Gasteiger partial charge < -0.3 is 0 Å². The van der Waals surface area contributed by atoms with Gasteiger partial charge in [-0.2, -0.15) is 0 Å². The predicted octanol–water partition coefficient (Wildman–Crippen LogP) is 2.99. The summed E-state index contributed by atoms with van der Waals surface area (Å²) in [7, 11) is 0. The van der Waals surface area contributed by atoms with E-state index in [1.165, 1.54) is 44.8 Å². The van der Waals surface area contributed by atoms with Gasteiger partial charge in [0.2, 0.25) is 0 Å². The Balaban J connectivity index is 1.65. The predicted molar refractivity (Wildman–Crippen MR) is 90.2 cm³/mol. The lowest BCUT2D eigenvalue weighted by atomic mass is 9.84. The van der Waals surface area contributed by atoms with Gasteiger partial charge in [-0.15, -0.1) is 0 Å². The van der Waals surface area contributed by atoms with Crippen LogP contribution in [0.3, 0.4) is 0 Å². The Morgan fingerprint density at radius 3 is 1.86 bits per heavy atom. The molecule has 0 unspecified atom stereocenters. The van der Waals surface area contributed by atoms with Crippen molar-refractivity contribution in [1.82, 2.24) is 0 Å². The summed E-state index contributed by atoms with van der Waals surface area (Å²) in [5, 5.41) is 0. The Kier molecular flexibility index (Phi) is 5.56. The summed E-state index contributed by atoms with van der Waals surface area (Å²) in [6.45, 7) is 4.52. The number of hydrogen-bond acceptors (Lipinski definition) is 0. The molecule has 116 valence electrons. The molecule has 0 atom stereocenters. The molecule has 1 fully saturated rings. The van der Waals surface area contributed by atoms with Crippen LogP contribution in [0.1, 0.15) is 68.9 Å². The van der Waals surface area contributed by atoms with Crippen LogP contribution < -0.4 is 21.2 Å². The fourth-order valence-electron chi connectivity index (χ4n) is 3.27. The molecule has 0 aromatic heterocycles. The standard InChI is InChI=1S/C21H26I/c1-16(2)17-8-12-20(13-9-17)22-21-14-10-19(11-15-21)18-6-4-3-5-7-18/h8-16,18H,3-7H2,1-2H3/q+1. The molecule has 0 N–H and O–H groups in total. The van der Waals surface area contributed by atoms with E-state index in [9.17, 15) is 0 Å². The Bertz CT molecular complexity index is 574. The van der Waals surface area contributed by atoms with E-state index in [0.717, 1.165) is 5.92 Å². The van der Waals surface area contributed by atoms with Crippen molar-refractivity contribution in [3.63, 3.8) is 0 Å². The monoisotopic (exact) mass is 405 g/mol. The Labute approximate surface area is 145 Å². The van der Waals surface area contributed by atoms with Crippen LogP contribution in [0.15, 0.2) is 48.5 Å². The summed E-state index contributed by atoms with van der Waals surface area (Å²) < 4.78 is 3.06. The first-order valence-electron chi connectivity index (χ1n) is 8.57. The van der Waals surface area contributed by atoms with Crippen molar-refractivity contribution in [2.45, 2.75) is 57.8 Å². The van der Waals surface area contributed by atoms with E-state index < -0.39 is 0 Å². The Morgan fingerprint density at radius 1 is 0.773 bits per heavy atom. The SMILES string of the molecule is CC(C)c1ccc([I+]c2ccc(C3CCCCC3)cc2)cc1. The van der Waals surface area contributed by atoms with Gasteiger partial charge >= 0.3 is 21.2 Å². The molecule has 0 amide bonds. The molecule has 1 saturated carbocycles. The molecule has 1 aliphatic rings. The van der Waals surface area contributed by atoms with Gasteiger partial charge in [-0.1, -0.05) is 57.4 Å². The summed E-state index contributed by atoms with van der Waals surface area (Å²) in [4.78, 5) is 0. The highest BCUT2D eigenvalue weighted by Crippen LogP contribution is 2.32. The van der Waals surface area contributed by atoms with Crippen molar-refractivity contribution in [3.8, 4) is 0 Å². The minimum absolute atomic E-state index is 0.0353. The van der Waals surface area contributed by atoms with Gasteiger partial charge in [0.15, 0.2) is 7.14 Å². The van der Waals surface area contributed by atoms with E-state index in [1.807, 2.05) is 0 Å². The molecule has 2 aromatic rings. The first-order valence-corrected chi connectivity index (χ1v) is 10.7. The molecule has 22 heavy (non-hydrogen) atoms. The fourth-order valence-corrected chi connectivity index (χ4v) is 5.43. The van der Waals surface area contributed by atoms with Crippen LogP contribution in [-0.4, -0.2) is 0 Å². The first-order chi connectivity index (χ1) is 10.7. The maximum absolute atomic E-state index is 2.40. The topological polar surface area (TPSA) is 0 Å². The van der Waals surface area contributed by atoms with Crippen LogP contribution in [0.2, 0.25) is 0 Å². The van der Waals surface area contributed by atoms with Crippen molar-refractivity contribution in [2.24, 2.45) is 0 Å². The molecule has 1 heteroatoms. The van der Waals surface area contributed by atoms with Gasteiger partial charge in [0.1, 0.15) is 0 Å². The van der Waals surface area contributed by atoms with Crippen LogP contribution in [-0.2, 0) is 0 Å². The third-order valence-electron chi connectivity index (χ3n) is 4.70. The van der Waals surface area contributed by atoms with Crippen LogP contribution >= 0.6 is 0 Å². The molecule has 0 nitrogen and oxygen atoms in total. The van der Waals surface area contributed by atoms with E-state index in [2.05, 4.69) is 62.4 Å². The second kappa shape index (κ2) is 7.63. The summed E-state index contributed by atoms with van der Waals surface area (Å²) in [5.41, 5.74) is 3.02. The minimum atomic E-state index is -0.0353. The van der Waals surface area contributed by atoms with Crippen molar-refractivity contribution in [2.75, 3.05) is 0 Å². The van der Waals surface area contributed by atoms with Gasteiger partial charge in [0, 0.05) is 0 Å². The maximum atomic E-state index is 2.40. The van der Waals surface area contributed by atoms with Crippen molar-refractivity contribution in [3.05, 3.63) is 66.8 Å². The number of hydrogen-bond donors (Lipinski definition) is 0. The summed E-state index contributed by atoms with van der Waals surface area (Å²) >= 11 is -0.0353. The molecular weight excluding hydrogens is 379 g/mol. The third-order valence-corrected chi connectivity index (χ3v) is 7.39. The number of benzene rings is 2. The second-order valence-electron chi connectivity index (χ2n) is 6.69. The largest absolute Gasteiger partial charge is 0.357 e. The zero-order valence-corrected chi connectivity index (χ0v) is 15.8. The molecule has 1 aliphatic carbocycles. The fraction of sp³-hybridized carbons (Fsp3) is 0.429. The summed E-state index contributed by atoms with van der Waals surface area (Å²) in [5.74, 6) is 1.45. The molecular formula is C21H26I+. The molecule has 2 aromatic carbocycles. The zero-order chi connectivity index (χ0) is 15.4. The van der Waals surface area contributed by atoms with Crippen molar-refractivity contribution < 1.29 is 21.2 Å². The summed E-state index contributed by atoms with van der Waals surface area (Å²) in [6.07, 6.45) is 7.06. The highest BCUT2D eigenvalue weighted by Gasteiger charge is 2.18. The third kappa shape index (κ3) is 4.13. The highest BCUT2D eigenvalue weighted by atomic mass is 127. The van der Waals surface area contributed by atoms with Crippen LogP contribution in [0, 0.1) is 7.14 Å². The minimum Gasteiger partial charge on any atom is -0.0587 e. The molecule has 0 saturated heterocycles. The van der Waals surface area contributed by atoms with Gasteiger partial charge in [0.05, 0.1) is 0 Å². The normalized spacial score (nSPS) is 16.1. The van der Waals surface area contributed by atoms with Gasteiger partial charge in [-0.05, 0) is 60.1 Å². The molecule has 0 aliphatic heterocycles. The number of rotatable bonds is 4. The van der Waals surface area contributed by atoms with E-state index >= 15 is 0 Å². The quantitative estimate of drug-likeness (QED) is 0.687. The lowest BCUT2D eigenvalue weighted by Crippen LogP contribution is -3.61. The number of halogens is 1. The Hall–Kier alpha value is -0.830. The van der Waals surface area contributed by atoms with Crippen molar-refractivity contribution in [1.29, 1.82) is 0 Å². The lowest BCUT2D eigenvalue weighted by Gasteiger charge is -2.21. The molecule has 0 heterocycles. The highest BCUT2D eigenvalue weighted by molar-refractivity contribution is 5.20. The average Bonchev–Trinajstić information content (AvgIpc) is 2.57. The van der Waals surface area contributed by atoms with Gasteiger partial charge in [-0.25, -0.2) is 0 Å². The lowest BCUT2D eigenvalue weighted by molar-refractivity contribution is -0.597. The van der Waals surface area contributed by atoms with Crippen LogP contribution in [0.5, 0.6) is 0 Å². The van der Waals surface area contributed by atoms with E-state index in [4.69, 9.17) is 0 Å². The van der Waals surface area contributed by atoms with Crippen LogP contribution in [0.25, 0.3) is 0 Å². The second-order valence-corrected chi connectivity index (χ2v) is 9.72. The molecule has 0 radical (unpaired) electrons. The average molecular weight is 405 g/mol. The van der Waals surface area contributed by atoms with E-state index in [1.54, 1.807) is 5.56 Å².